The number of rotatable bonds is 8. The van der Waals surface area contributed by atoms with Gasteiger partial charge < -0.3 is 15.2 Å². The van der Waals surface area contributed by atoms with Crippen LogP contribution in [0.5, 0.6) is 5.75 Å². The molecule has 4 aromatic rings. The summed E-state index contributed by atoms with van der Waals surface area (Å²) in [6.07, 6.45) is 4.17. The van der Waals surface area contributed by atoms with E-state index in [4.69, 9.17) is 9.84 Å². The first-order valence-corrected chi connectivity index (χ1v) is 11.9. The number of hydrogen-bond donors (Lipinski definition) is 3. The number of sulfonamides is 1. The first-order valence-electron chi connectivity index (χ1n) is 10.4. The maximum Gasteiger partial charge on any atom is 0.240 e. The van der Waals surface area contributed by atoms with E-state index in [1.165, 1.54) is 17.7 Å². The molecule has 2 aromatic carbocycles. The van der Waals surface area contributed by atoms with Gasteiger partial charge in [-0.05, 0) is 29.3 Å². The summed E-state index contributed by atoms with van der Waals surface area (Å²) in [6.45, 7) is 0.975. The first kappa shape index (κ1) is 21.3. The van der Waals surface area contributed by atoms with Crippen LogP contribution in [0.15, 0.2) is 59.9 Å². The van der Waals surface area contributed by atoms with Crippen molar-refractivity contribution in [1.82, 2.24) is 24.3 Å². The molecule has 0 aliphatic carbocycles. The van der Waals surface area contributed by atoms with E-state index in [2.05, 4.69) is 31.3 Å². The molecule has 1 aliphatic rings. The number of anilines is 1. The van der Waals surface area contributed by atoms with Crippen molar-refractivity contribution in [2.24, 2.45) is 0 Å². The molecule has 33 heavy (non-hydrogen) atoms. The van der Waals surface area contributed by atoms with E-state index in [0.717, 1.165) is 28.9 Å². The van der Waals surface area contributed by atoms with Gasteiger partial charge in [-0.2, -0.15) is 0 Å². The fraction of sp³-hybridized carbons (Fsp3) is 0.227. The van der Waals surface area contributed by atoms with Crippen molar-refractivity contribution in [3.05, 3.63) is 66.1 Å². The molecule has 170 valence electrons. The van der Waals surface area contributed by atoms with Crippen LogP contribution < -0.4 is 14.8 Å². The highest BCUT2D eigenvalue weighted by Gasteiger charge is 2.17. The Morgan fingerprint density at radius 3 is 2.82 bits per heavy atom. The average Bonchev–Trinajstić information content (AvgIpc) is 3.51. The van der Waals surface area contributed by atoms with E-state index in [1.807, 2.05) is 12.1 Å². The second-order valence-corrected chi connectivity index (χ2v) is 9.28. The normalized spacial score (nSPS) is 13.1. The molecule has 0 spiro atoms. The monoisotopic (exact) mass is 466 g/mol. The van der Waals surface area contributed by atoms with Crippen molar-refractivity contribution in [3.8, 4) is 16.9 Å². The summed E-state index contributed by atoms with van der Waals surface area (Å²) in [5.41, 5.74) is 4.45. The fourth-order valence-corrected chi connectivity index (χ4v) is 4.88. The summed E-state index contributed by atoms with van der Waals surface area (Å²) in [4.78, 5) is 4.67. The number of benzene rings is 2. The molecule has 0 unspecified atom stereocenters. The van der Waals surface area contributed by atoms with Crippen LogP contribution in [0.3, 0.4) is 0 Å². The van der Waals surface area contributed by atoms with E-state index < -0.39 is 10.0 Å². The number of ether oxygens (including phenoxy) is 1. The minimum absolute atomic E-state index is 0.0400. The van der Waals surface area contributed by atoms with E-state index in [0.29, 0.717) is 24.7 Å². The van der Waals surface area contributed by atoms with Crippen molar-refractivity contribution in [3.63, 3.8) is 0 Å². The highest BCUT2D eigenvalue weighted by atomic mass is 32.2. The molecule has 5 rings (SSSR count). The van der Waals surface area contributed by atoms with E-state index in [1.54, 1.807) is 29.1 Å². The van der Waals surface area contributed by atoms with Gasteiger partial charge in [0.25, 0.3) is 0 Å². The van der Waals surface area contributed by atoms with Crippen LogP contribution in [0.4, 0.5) is 5.95 Å². The van der Waals surface area contributed by atoms with Gasteiger partial charge in [0, 0.05) is 36.8 Å². The largest absolute Gasteiger partial charge is 0.493 e. The van der Waals surface area contributed by atoms with Gasteiger partial charge in [-0.15, -0.1) is 10.2 Å². The smallest absolute Gasteiger partial charge is 0.240 e. The lowest BCUT2D eigenvalue weighted by atomic mass is 10.1. The number of aliphatic hydroxyl groups excluding tert-OH is 1. The van der Waals surface area contributed by atoms with Gasteiger partial charge in [-0.25, -0.2) is 18.1 Å². The molecular formula is C22H22N6O4S. The summed E-state index contributed by atoms with van der Waals surface area (Å²) < 4.78 is 34.2. The molecule has 0 saturated carbocycles. The predicted octanol–water partition coefficient (Wildman–Crippen LogP) is 1.61. The summed E-state index contributed by atoms with van der Waals surface area (Å²) in [5.74, 6) is 1.53. The quantitative estimate of drug-likeness (QED) is 0.357. The third kappa shape index (κ3) is 4.13. The SMILES string of the molecule is O=S(=O)(NCCO)c1ccc(-c2cnc(NCc3cccc4c3CCO4)n3cnnc23)cc1. The topological polar surface area (TPSA) is 131 Å². The zero-order valence-corrected chi connectivity index (χ0v) is 18.4. The average molecular weight is 467 g/mol. The lowest BCUT2D eigenvalue weighted by Crippen LogP contribution is -2.26. The third-order valence-corrected chi connectivity index (χ3v) is 6.97. The Morgan fingerprint density at radius 2 is 2.00 bits per heavy atom. The highest BCUT2D eigenvalue weighted by Crippen LogP contribution is 2.29. The van der Waals surface area contributed by atoms with Gasteiger partial charge in [0.1, 0.15) is 12.1 Å². The number of hydrogen-bond acceptors (Lipinski definition) is 8. The molecule has 0 saturated heterocycles. The van der Waals surface area contributed by atoms with Gasteiger partial charge in [-0.1, -0.05) is 24.3 Å². The summed E-state index contributed by atoms with van der Waals surface area (Å²) >= 11 is 0. The molecule has 0 fully saturated rings. The summed E-state index contributed by atoms with van der Waals surface area (Å²) in [6, 6.07) is 12.4. The van der Waals surface area contributed by atoms with Gasteiger partial charge in [0.05, 0.1) is 18.1 Å². The van der Waals surface area contributed by atoms with Crippen LogP contribution in [0.2, 0.25) is 0 Å². The van der Waals surface area contributed by atoms with Crippen LogP contribution in [0, 0.1) is 0 Å². The molecule has 2 aromatic heterocycles. The number of nitrogens with one attached hydrogen (secondary N) is 2. The van der Waals surface area contributed by atoms with Crippen molar-refractivity contribution in [2.75, 3.05) is 25.1 Å². The Bertz CT molecular complexity index is 1400. The first-order chi connectivity index (χ1) is 16.1. The Kier molecular flexibility index (Phi) is 5.67. The number of fused-ring (bicyclic) bond motifs is 2. The van der Waals surface area contributed by atoms with Crippen LogP contribution in [0.25, 0.3) is 16.8 Å². The lowest BCUT2D eigenvalue weighted by Gasteiger charge is -2.12. The molecule has 0 bridgehead atoms. The molecule has 11 heteroatoms. The van der Waals surface area contributed by atoms with E-state index in [-0.39, 0.29) is 18.0 Å². The summed E-state index contributed by atoms with van der Waals surface area (Å²) in [7, 11) is -3.68. The summed E-state index contributed by atoms with van der Waals surface area (Å²) in [5, 5.41) is 20.5. The Hall–Kier alpha value is -3.54. The molecular weight excluding hydrogens is 444 g/mol. The standard InChI is InChI=1S/C22H22N6O4S/c29-10-9-26-33(30,31)17-6-4-15(5-7-17)19-13-24-22(28-14-25-27-21(19)28)23-12-16-2-1-3-20-18(16)8-11-32-20/h1-7,13-14,26,29H,8-12H2,(H,23,24). The van der Waals surface area contributed by atoms with Gasteiger partial charge in [0.2, 0.25) is 16.0 Å². The second-order valence-electron chi connectivity index (χ2n) is 7.51. The van der Waals surface area contributed by atoms with Crippen molar-refractivity contribution < 1.29 is 18.3 Å². The Labute approximate surface area is 190 Å². The molecule has 10 nitrogen and oxygen atoms in total. The zero-order chi connectivity index (χ0) is 22.8. The van der Waals surface area contributed by atoms with Crippen LogP contribution >= 0.6 is 0 Å². The number of aliphatic hydroxyl groups is 1. The third-order valence-electron chi connectivity index (χ3n) is 5.49. The van der Waals surface area contributed by atoms with Crippen LogP contribution in [-0.2, 0) is 23.0 Å². The van der Waals surface area contributed by atoms with Gasteiger partial charge in [-0.3, -0.25) is 4.40 Å². The number of aromatic nitrogens is 4. The Morgan fingerprint density at radius 1 is 1.15 bits per heavy atom. The van der Waals surface area contributed by atoms with E-state index in [9.17, 15) is 8.42 Å². The predicted molar refractivity (Wildman–Crippen MR) is 121 cm³/mol. The van der Waals surface area contributed by atoms with Crippen LogP contribution in [-0.4, -0.2) is 52.9 Å². The van der Waals surface area contributed by atoms with E-state index >= 15 is 0 Å². The van der Waals surface area contributed by atoms with Crippen molar-refractivity contribution in [2.45, 2.75) is 17.9 Å². The van der Waals surface area contributed by atoms with Gasteiger partial charge in [0.15, 0.2) is 5.65 Å². The van der Waals surface area contributed by atoms with Crippen molar-refractivity contribution in [1.29, 1.82) is 0 Å². The molecule has 0 radical (unpaired) electrons. The van der Waals surface area contributed by atoms with Crippen molar-refractivity contribution >= 4 is 21.6 Å². The minimum atomic E-state index is -3.68. The number of nitrogens with zero attached hydrogens (tertiary/aromatic N) is 4. The molecule has 0 atom stereocenters. The molecule has 3 N–H and O–H groups in total. The minimum Gasteiger partial charge on any atom is -0.493 e. The van der Waals surface area contributed by atoms with Crippen LogP contribution in [0.1, 0.15) is 11.1 Å². The fourth-order valence-electron chi connectivity index (χ4n) is 3.86. The molecule has 1 aliphatic heterocycles. The maximum absolute atomic E-state index is 12.2. The Balaban J connectivity index is 1.40. The maximum atomic E-state index is 12.2. The second kappa shape index (κ2) is 8.77. The molecule has 0 amide bonds. The highest BCUT2D eigenvalue weighted by molar-refractivity contribution is 7.89. The van der Waals surface area contributed by atoms with Gasteiger partial charge >= 0.3 is 0 Å². The molecule has 3 heterocycles. The zero-order valence-electron chi connectivity index (χ0n) is 17.6. The lowest BCUT2D eigenvalue weighted by molar-refractivity contribution is 0.301.